The second kappa shape index (κ2) is 4.19. The first-order valence-corrected chi connectivity index (χ1v) is 6.85. The molecule has 0 spiro atoms. The Labute approximate surface area is 116 Å². The van der Waals surface area contributed by atoms with Gasteiger partial charge in [-0.3, -0.25) is 0 Å². The van der Waals surface area contributed by atoms with Crippen molar-refractivity contribution in [2.75, 3.05) is 0 Å². The molecule has 0 bridgehead atoms. The molecular formula is C12H7BrN4S. The van der Waals surface area contributed by atoms with Crippen molar-refractivity contribution in [3.05, 3.63) is 39.6 Å². The van der Waals surface area contributed by atoms with Crippen LogP contribution in [0.5, 0.6) is 0 Å². The van der Waals surface area contributed by atoms with Crippen LogP contribution in [0.1, 0.15) is 11.1 Å². The van der Waals surface area contributed by atoms with Gasteiger partial charge in [0.15, 0.2) is 0 Å². The molecule has 0 radical (unpaired) electrons. The molecule has 4 nitrogen and oxygen atoms in total. The molecule has 88 valence electrons. The summed E-state index contributed by atoms with van der Waals surface area (Å²) < 4.78 is 2.69. The number of pyridine rings is 1. The minimum atomic E-state index is 0.624. The number of hydrogen-bond acceptors (Lipinski definition) is 4. The van der Waals surface area contributed by atoms with Crippen LogP contribution in [-0.2, 0) is 0 Å². The van der Waals surface area contributed by atoms with E-state index in [1.165, 1.54) is 0 Å². The molecule has 0 aliphatic carbocycles. The van der Waals surface area contributed by atoms with Crippen LogP contribution < -0.4 is 0 Å². The molecule has 0 aliphatic rings. The van der Waals surface area contributed by atoms with Crippen molar-refractivity contribution in [2.24, 2.45) is 0 Å². The summed E-state index contributed by atoms with van der Waals surface area (Å²) in [5.74, 6) is 0. The quantitative estimate of drug-likeness (QED) is 0.691. The first-order chi connectivity index (χ1) is 8.70. The second-order valence-electron chi connectivity index (χ2n) is 3.78. The van der Waals surface area contributed by atoms with Gasteiger partial charge in [0.1, 0.15) is 22.4 Å². The van der Waals surface area contributed by atoms with Gasteiger partial charge in [-0.2, -0.15) is 5.26 Å². The Morgan fingerprint density at radius 2 is 2.28 bits per heavy atom. The lowest BCUT2D eigenvalue weighted by Gasteiger charge is -2.02. The van der Waals surface area contributed by atoms with E-state index in [-0.39, 0.29) is 0 Å². The molecule has 0 N–H and O–H groups in total. The van der Waals surface area contributed by atoms with Crippen molar-refractivity contribution < 1.29 is 0 Å². The highest BCUT2D eigenvalue weighted by Crippen LogP contribution is 2.27. The van der Waals surface area contributed by atoms with E-state index in [0.717, 1.165) is 26.4 Å². The molecular weight excluding hydrogens is 312 g/mol. The van der Waals surface area contributed by atoms with E-state index in [1.807, 2.05) is 29.1 Å². The van der Waals surface area contributed by atoms with Crippen molar-refractivity contribution in [1.29, 1.82) is 5.26 Å². The Morgan fingerprint density at radius 1 is 1.44 bits per heavy atom. The molecule has 3 rings (SSSR count). The van der Waals surface area contributed by atoms with E-state index in [2.05, 4.69) is 32.0 Å². The standard InChI is InChI=1S/C12H7BrN4S/c1-7-8(4-14)9(13)5-17-6-10(16-11(7)17)12-15-2-3-18-12/h2-3,5-6H,1H3. The highest BCUT2D eigenvalue weighted by molar-refractivity contribution is 9.10. The Bertz CT molecular complexity index is 768. The molecule has 6 heteroatoms. The van der Waals surface area contributed by atoms with E-state index in [0.29, 0.717) is 5.56 Å². The number of nitrogens with zero attached hydrogens (tertiary/aromatic N) is 4. The lowest BCUT2D eigenvalue weighted by molar-refractivity contribution is 1.14. The Balaban J connectivity index is 2.31. The Morgan fingerprint density at radius 3 is 2.94 bits per heavy atom. The summed E-state index contributed by atoms with van der Waals surface area (Å²) >= 11 is 4.95. The van der Waals surface area contributed by atoms with E-state index in [9.17, 15) is 0 Å². The normalized spacial score (nSPS) is 10.7. The highest BCUT2D eigenvalue weighted by Gasteiger charge is 2.13. The largest absolute Gasteiger partial charge is 0.305 e. The third kappa shape index (κ3) is 1.64. The number of nitriles is 1. The number of halogens is 1. The van der Waals surface area contributed by atoms with E-state index >= 15 is 0 Å². The number of aromatic nitrogens is 3. The van der Waals surface area contributed by atoms with Crippen molar-refractivity contribution in [1.82, 2.24) is 14.4 Å². The Hall–Kier alpha value is -1.71. The predicted molar refractivity (Wildman–Crippen MR) is 73.5 cm³/mol. The van der Waals surface area contributed by atoms with E-state index in [4.69, 9.17) is 5.26 Å². The summed E-state index contributed by atoms with van der Waals surface area (Å²) in [7, 11) is 0. The number of thiazole rings is 1. The lowest BCUT2D eigenvalue weighted by atomic mass is 10.2. The number of rotatable bonds is 1. The maximum atomic E-state index is 9.12. The molecule has 0 saturated carbocycles. The summed E-state index contributed by atoms with van der Waals surface area (Å²) in [6, 6.07) is 2.19. The van der Waals surface area contributed by atoms with Gasteiger partial charge in [0, 0.05) is 29.5 Å². The van der Waals surface area contributed by atoms with Crippen LogP contribution in [0.2, 0.25) is 0 Å². The Kier molecular flexibility index (Phi) is 2.65. The topological polar surface area (TPSA) is 54.0 Å². The summed E-state index contributed by atoms with van der Waals surface area (Å²) in [6.45, 7) is 1.90. The van der Waals surface area contributed by atoms with Crippen LogP contribution in [0, 0.1) is 18.3 Å². The molecule has 0 aromatic carbocycles. The zero-order chi connectivity index (χ0) is 12.7. The molecule has 3 aromatic heterocycles. The van der Waals surface area contributed by atoms with Gasteiger partial charge in [0.2, 0.25) is 0 Å². The average molecular weight is 319 g/mol. The summed E-state index contributed by atoms with van der Waals surface area (Å²) in [5, 5.41) is 11.9. The predicted octanol–water partition coefficient (Wildman–Crippen LogP) is 3.40. The number of imidazole rings is 1. The number of hydrogen-bond donors (Lipinski definition) is 0. The van der Waals surface area contributed by atoms with Crippen molar-refractivity contribution in [3.63, 3.8) is 0 Å². The number of fused-ring (bicyclic) bond motifs is 1. The monoisotopic (exact) mass is 318 g/mol. The van der Waals surface area contributed by atoms with Crippen LogP contribution >= 0.6 is 27.3 Å². The van der Waals surface area contributed by atoms with Crippen LogP contribution in [-0.4, -0.2) is 14.4 Å². The zero-order valence-electron chi connectivity index (χ0n) is 9.38. The van der Waals surface area contributed by atoms with Gasteiger partial charge in [-0.1, -0.05) is 0 Å². The van der Waals surface area contributed by atoms with E-state index in [1.54, 1.807) is 17.5 Å². The maximum absolute atomic E-state index is 9.12. The fourth-order valence-electron chi connectivity index (χ4n) is 1.84. The maximum Gasteiger partial charge on any atom is 0.143 e. The summed E-state index contributed by atoms with van der Waals surface area (Å²) in [6.07, 6.45) is 5.53. The van der Waals surface area contributed by atoms with Crippen molar-refractivity contribution in [3.8, 4) is 16.8 Å². The third-order valence-corrected chi connectivity index (χ3v) is 4.09. The van der Waals surface area contributed by atoms with Crippen LogP contribution in [0.4, 0.5) is 0 Å². The smallest absolute Gasteiger partial charge is 0.143 e. The molecule has 0 atom stereocenters. The molecule has 3 heterocycles. The SMILES string of the molecule is Cc1c(C#N)c(Br)cn2cc(-c3nccs3)nc12. The highest BCUT2D eigenvalue weighted by atomic mass is 79.9. The number of aryl methyl sites for hydroxylation is 1. The van der Waals surface area contributed by atoms with Gasteiger partial charge in [0.25, 0.3) is 0 Å². The van der Waals surface area contributed by atoms with Gasteiger partial charge in [0.05, 0.1) is 10.0 Å². The van der Waals surface area contributed by atoms with Gasteiger partial charge >= 0.3 is 0 Å². The molecule has 3 aromatic rings. The molecule has 0 unspecified atom stereocenters. The minimum absolute atomic E-state index is 0.624. The lowest BCUT2D eigenvalue weighted by Crippen LogP contribution is -1.92. The molecule has 0 amide bonds. The van der Waals surface area contributed by atoms with Crippen molar-refractivity contribution >= 4 is 32.9 Å². The second-order valence-corrected chi connectivity index (χ2v) is 5.53. The third-order valence-electron chi connectivity index (χ3n) is 2.70. The van der Waals surface area contributed by atoms with Gasteiger partial charge in [-0.25, -0.2) is 9.97 Å². The van der Waals surface area contributed by atoms with Crippen molar-refractivity contribution in [2.45, 2.75) is 6.92 Å². The average Bonchev–Trinajstić information content (AvgIpc) is 2.96. The van der Waals surface area contributed by atoms with Crippen LogP contribution in [0.3, 0.4) is 0 Å². The summed E-state index contributed by atoms with van der Waals surface area (Å²) in [4.78, 5) is 8.79. The fraction of sp³-hybridized carbons (Fsp3) is 0.0833. The zero-order valence-corrected chi connectivity index (χ0v) is 11.8. The minimum Gasteiger partial charge on any atom is -0.305 e. The molecule has 0 aliphatic heterocycles. The van der Waals surface area contributed by atoms with Gasteiger partial charge < -0.3 is 4.40 Å². The summed E-state index contributed by atoms with van der Waals surface area (Å²) in [5.41, 5.74) is 3.11. The van der Waals surface area contributed by atoms with Crippen LogP contribution in [0.25, 0.3) is 16.3 Å². The fourth-order valence-corrected chi connectivity index (χ4v) is 3.04. The molecule has 0 saturated heterocycles. The molecule has 18 heavy (non-hydrogen) atoms. The van der Waals surface area contributed by atoms with E-state index < -0.39 is 0 Å². The first-order valence-electron chi connectivity index (χ1n) is 5.18. The van der Waals surface area contributed by atoms with Crippen LogP contribution in [0.15, 0.2) is 28.4 Å². The first kappa shape index (κ1) is 11.4. The van der Waals surface area contributed by atoms with Gasteiger partial charge in [-0.05, 0) is 22.9 Å². The van der Waals surface area contributed by atoms with Gasteiger partial charge in [-0.15, -0.1) is 11.3 Å². The molecule has 0 fully saturated rings.